The molecule has 3 heteroatoms. The van der Waals surface area contributed by atoms with E-state index in [0.717, 1.165) is 5.56 Å². The van der Waals surface area contributed by atoms with Crippen LogP contribution in [0.1, 0.15) is 11.1 Å². The van der Waals surface area contributed by atoms with Crippen LogP contribution in [0.2, 0.25) is 0 Å². The number of carbonyl (C=O) groups is 1. The van der Waals surface area contributed by atoms with Gasteiger partial charge >= 0.3 is 0 Å². The fraction of sp³-hybridized carbons (Fsp3) is 0.0588. The van der Waals surface area contributed by atoms with E-state index in [0.29, 0.717) is 17.8 Å². The lowest BCUT2D eigenvalue weighted by Gasteiger charge is -2.22. The summed E-state index contributed by atoms with van der Waals surface area (Å²) in [6.07, 6.45) is 1.26. The molecular weight excluding hydrogens is 248 g/mol. The monoisotopic (exact) mass is 262 g/mol. The molecule has 0 aliphatic carbocycles. The van der Waals surface area contributed by atoms with E-state index in [4.69, 9.17) is 0 Å². The lowest BCUT2D eigenvalue weighted by atomic mass is 10.1. The zero-order valence-corrected chi connectivity index (χ0v) is 11.0. The normalized spacial score (nSPS) is 9.55. The Hall–Kier alpha value is -2.86. The van der Waals surface area contributed by atoms with Gasteiger partial charge in [-0.3, -0.25) is 4.79 Å². The molecule has 0 aromatic heterocycles. The molecule has 0 N–H and O–H groups in total. The van der Waals surface area contributed by atoms with Crippen molar-refractivity contribution in [1.29, 1.82) is 5.26 Å². The van der Waals surface area contributed by atoms with Crippen molar-refractivity contribution in [2.45, 2.75) is 6.54 Å². The average Bonchev–Trinajstić information content (AvgIpc) is 2.53. The molecule has 0 fully saturated rings. The number of benzene rings is 2. The maximum atomic E-state index is 12.1. The highest BCUT2D eigenvalue weighted by atomic mass is 16.2. The highest BCUT2D eigenvalue weighted by molar-refractivity contribution is 6.01. The van der Waals surface area contributed by atoms with E-state index in [1.54, 1.807) is 23.1 Å². The predicted molar refractivity (Wildman–Crippen MR) is 79.0 cm³/mol. The molecule has 0 spiro atoms. The van der Waals surface area contributed by atoms with Crippen LogP contribution in [0.25, 0.3) is 0 Å². The Morgan fingerprint density at radius 1 is 1.15 bits per heavy atom. The summed E-state index contributed by atoms with van der Waals surface area (Å²) in [6, 6.07) is 18.8. The van der Waals surface area contributed by atoms with Gasteiger partial charge in [-0.15, -0.1) is 0 Å². The van der Waals surface area contributed by atoms with Crippen LogP contribution in [0.4, 0.5) is 5.69 Å². The minimum Gasteiger partial charge on any atom is -0.303 e. The smallest absolute Gasteiger partial charge is 0.250 e. The van der Waals surface area contributed by atoms with Gasteiger partial charge in [0, 0.05) is 0 Å². The molecule has 0 bridgehead atoms. The molecule has 2 aromatic carbocycles. The van der Waals surface area contributed by atoms with Crippen molar-refractivity contribution in [2.75, 3.05) is 4.90 Å². The molecule has 20 heavy (non-hydrogen) atoms. The van der Waals surface area contributed by atoms with Crippen LogP contribution in [-0.2, 0) is 11.3 Å². The number of para-hydroxylation sites is 1. The Labute approximate surface area is 118 Å². The molecule has 2 aromatic rings. The van der Waals surface area contributed by atoms with Gasteiger partial charge < -0.3 is 4.90 Å². The van der Waals surface area contributed by atoms with Crippen molar-refractivity contribution >= 4 is 11.6 Å². The second-order valence-corrected chi connectivity index (χ2v) is 4.24. The molecule has 0 radical (unpaired) electrons. The van der Waals surface area contributed by atoms with Gasteiger partial charge in [0.1, 0.15) is 6.07 Å². The van der Waals surface area contributed by atoms with Gasteiger partial charge in [0.15, 0.2) is 0 Å². The fourth-order valence-corrected chi connectivity index (χ4v) is 1.96. The van der Waals surface area contributed by atoms with E-state index >= 15 is 0 Å². The minimum absolute atomic E-state index is 0.225. The molecule has 98 valence electrons. The maximum Gasteiger partial charge on any atom is 0.250 e. The Morgan fingerprint density at radius 2 is 1.80 bits per heavy atom. The van der Waals surface area contributed by atoms with Gasteiger partial charge in [0.05, 0.1) is 17.8 Å². The molecule has 0 saturated heterocycles. The number of hydrogen-bond acceptors (Lipinski definition) is 2. The first-order valence-electron chi connectivity index (χ1n) is 6.23. The van der Waals surface area contributed by atoms with Crippen LogP contribution < -0.4 is 4.90 Å². The van der Waals surface area contributed by atoms with Crippen molar-refractivity contribution in [3.05, 3.63) is 78.4 Å². The third-order valence-corrected chi connectivity index (χ3v) is 2.94. The molecule has 0 unspecified atom stereocenters. The predicted octanol–water partition coefficient (Wildman–Crippen LogP) is 3.28. The number of anilines is 1. The topological polar surface area (TPSA) is 44.1 Å². The Kier molecular flexibility index (Phi) is 4.31. The summed E-state index contributed by atoms with van der Waals surface area (Å²) in [7, 11) is 0. The largest absolute Gasteiger partial charge is 0.303 e. The first kappa shape index (κ1) is 13.6. The van der Waals surface area contributed by atoms with Crippen LogP contribution in [0, 0.1) is 11.3 Å². The van der Waals surface area contributed by atoms with E-state index < -0.39 is 0 Å². The summed E-state index contributed by atoms with van der Waals surface area (Å²) in [5.74, 6) is -0.225. The minimum atomic E-state index is -0.225. The molecular formula is C17H14N2O. The molecule has 0 aliphatic heterocycles. The van der Waals surface area contributed by atoms with Crippen LogP contribution in [0.3, 0.4) is 0 Å². The number of carbonyl (C=O) groups excluding carboxylic acids is 1. The SMILES string of the molecule is C=CC(=O)N(Cc1ccccc1)c1ccccc1C#N. The van der Waals surface area contributed by atoms with Gasteiger partial charge in [-0.05, 0) is 23.8 Å². The van der Waals surface area contributed by atoms with Gasteiger partial charge in [-0.1, -0.05) is 49.0 Å². The van der Waals surface area contributed by atoms with Gasteiger partial charge in [-0.2, -0.15) is 5.26 Å². The van der Waals surface area contributed by atoms with E-state index in [1.165, 1.54) is 6.08 Å². The number of amides is 1. The Balaban J connectivity index is 2.41. The summed E-state index contributed by atoms with van der Waals surface area (Å²) in [4.78, 5) is 13.6. The van der Waals surface area contributed by atoms with Crippen molar-refractivity contribution in [3.63, 3.8) is 0 Å². The fourth-order valence-electron chi connectivity index (χ4n) is 1.96. The highest BCUT2D eigenvalue weighted by Gasteiger charge is 2.16. The molecule has 0 heterocycles. The van der Waals surface area contributed by atoms with Gasteiger partial charge in [0.2, 0.25) is 0 Å². The van der Waals surface area contributed by atoms with Crippen LogP contribution in [-0.4, -0.2) is 5.91 Å². The van der Waals surface area contributed by atoms with Crippen molar-refractivity contribution in [2.24, 2.45) is 0 Å². The zero-order valence-electron chi connectivity index (χ0n) is 11.0. The van der Waals surface area contributed by atoms with Gasteiger partial charge in [-0.25, -0.2) is 0 Å². The summed E-state index contributed by atoms with van der Waals surface area (Å²) < 4.78 is 0. The molecule has 1 amide bonds. The van der Waals surface area contributed by atoms with E-state index in [9.17, 15) is 10.1 Å². The lowest BCUT2D eigenvalue weighted by molar-refractivity contribution is -0.114. The number of rotatable bonds is 4. The average molecular weight is 262 g/mol. The molecule has 0 aliphatic rings. The summed E-state index contributed by atoms with van der Waals surface area (Å²) in [5, 5.41) is 9.17. The van der Waals surface area contributed by atoms with Gasteiger partial charge in [0.25, 0.3) is 5.91 Å². The summed E-state index contributed by atoms with van der Waals surface area (Å²) in [6.45, 7) is 3.94. The van der Waals surface area contributed by atoms with Crippen molar-refractivity contribution in [3.8, 4) is 6.07 Å². The quantitative estimate of drug-likeness (QED) is 0.794. The number of nitriles is 1. The summed E-state index contributed by atoms with van der Waals surface area (Å²) in [5.41, 5.74) is 2.07. The highest BCUT2D eigenvalue weighted by Crippen LogP contribution is 2.22. The maximum absolute atomic E-state index is 12.1. The standard InChI is InChI=1S/C17H14N2O/c1-2-17(20)19(13-14-8-4-3-5-9-14)16-11-7-6-10-15(16)12-18/h2-11H,1,13H2. The van der Waals surface area contributed by atoms with E-state index in [2.05, 4.69) is 12.6 Å². The third kappa shape index (κ3) is 2.93. The molecule has 0 saturated carbocycles. The van der Waals surface area contributed by atoms with Crippen molar-refractivity contribution in [1.82, 2.24) is 0 Å². The molecule has 0 atom stereocenters. The first-order valence-corrected chi connectivity index (χ1v) is 6.23. The molecule has 3 nitrogen and oxygen atoms in total. The van der Waals surface area contributed by atoms with E-state index in [1.807, 2.05) is 36.4 Å². The lowest BCUT2D eigenvalue weighted by Crippen LogP contribution is -2.29. The van der Waals surface area contributed by atoms with Crippen molar-refractivity contribution < 1.29 is 4.79 Å². The van der Waals surface area contributed by atoms with Crippen LogP contribution in [0.15, 0.2) is 67.3 Å². The Bertz CT molecular complexity index is 656. The van der Waals surface area contributed by atoms with E-state index in [-0.39, 0.29) is 5.91 Å². The van der Waals surface area contributed by atoms with Crippen LogP contribution >= 0.6 is 0 Å². The Morgan fingerprint density at radius 3 is 2.45 bits per heavy atom. The zero-order chi connectivity index (χ0) is 14.4. The second kappa shape index (κ2) is 6.35. The van der Waals surface area contributed by atoms with Crippen LogP contribution in [0.5, 0.6) is 0 Å². The third-order valence-electron chi connectivity index (χ3n) is 2.94. The number of nitrogens with zero attached hydrogens (tertiary/aromatic N) is 2. The first-order chi connectivity index (χ1) is 9.76. The second-order valence-electron chi connectivity index (χ2n) is 4.24. The number of hydrogen-bond donors (Lipinski definition) is 0. The molecule has 2 rings (SSSR count). The summed E-state index contributed by atoms with van der Waals surface area (Å²) >= 11 is 0.